The van der Waals surface area contributed by atoms with Crippen molar-refractivity contribution in [3.05, 3.63) is 64.2 Å². The van der Waals surface area contributed by atoms with Crippen LogP contribution in [0.4, 0.5) is 0 Å². The van der Waals surface area contributed by atoms with Crippen LogP contribution < -0.4 is 5.32 Å². The Bertz CT molecular complexity index is 921. The first-order valence-corrected chi connectivity index (χ1v) is 9.84. The molecule has 27 heavy (non-hydrogen) atoms. The quantitative estimate of drug-likeness (QED) is 0.634. The summed E-state index contributed by atoms with van der Waals surface area (Å²) < 4.78 is 1.69. The van der Waals surface area contributed by atoms with Crippen molar-refractivity contribution in [3.63, 3.8) is 0 Å². The molecule has 0 unspecified atom stereocenters. The second-order valence-corrected chi connectivity index (χ2v) is 7.62. The number of para-hydroxylation sites is 1. The van der Waals surface area contributed by atoms with Crippen LogP contribution in [0.5, 0.6) is 0 Å². The van der Waals surface area contributed by atoms with Crippen LogP contribution in [0, 0.1) is 13.8 Å². The summed E-state index contributed by atoms with van der Waals surface area (Å²) in [5.41, 5.74) is 4.09. The minimum atomic E-state index is -0.107. The third-order valence-electron chi connectivity index (χ3n) is 4.17. The summed E-state index contributed by atoms with van der Waals surface area (Å²) in [6, 6.07) is 13.4. The minimum absolute atomic E-state index is 0.0847. The zero-order chi connectivity index (χ0) is 19.4. The number of hydrogen-bond donors (Lipinski definition) is 1. The fourth-order valence-electron chi connectivity index (χ4n) is 2.80. The van der Waals surface area contributed by atoms with Crippen molar-refractivity contribution in [1.29, 1.82) is 0 Å². The maximum atomic E-state index is 12.3. The van der Waals surface area contributed by atoms with Crippen LogP contribution in [-0.4, -0.2) is 31.9 Å². The van der Waals surface area contributed by atoms with E-state index in [-0.39, 0.29) is 17.7 Å². The second-order valence-electron chi connectivity index (χ2n) is 6.24. The Balaban J connectivity index is 1.65. The summed E-state index contributed by atoms with van der Waals surface area (Å²) in [5, 5.41) is 16.2. The highest BCUT2D eigenvalue weighted by molar-refractivity contribution is 7.99. The molecular formula is C19H20ClN5OS. The molecule has 3 rings (SSSR count). The normalized spacial score (nSPS) is 12.0. The second kappa shape index (κ2) is 8.54. The van der Waals surface area contributed by atoms with Gasteiger partial charge in [0, 0.05) is 5.02 Å². The molecule has 1 heterocycles. The van der Waals surface area contributed by atoms with E-state index in [0.29, 0.717) is 10.2 Å². The summed E-state index contributed by atoms with van der Waals surface area (Å²) >= 11 is 7.21. The smallest absolute Gasteiger partial charge is 0.230 e. The van der Waals surface area contributed by atoms with E-state index in [1.165, 1.54) is 11.8 Å². The summed E-state index contributed by atoms with van der Waals surface area (Å²) in [6.45, 7) is 5.96. The summed E-state index contributed by atoms with van der Waals surface area (Å²) in [7, 11) is 0. The van der Waals surface area contributed by atoms with Crippen LogP contribution in [0.3, 0.4) is 0 Å². The summed E-state index contributed by atoms with van der Waals surface area (Å²) in [5.74, 6) is 0.141. The Labute approximate surface area is 167 Å². The van der Waals surface area contributed by atoms with Gasteiger partial charge in [0.15, 0.2) is 0 Å². The van der Waals surface area contributed by atoms with E-state index >= 15 is 0 Å². The van der Waals surface area contributed by atoms with Gasteiger partial charge in [-0.25, -0.2) is 0 Å². The van der Waals surface area contributed by atoms with Gasteiger partial charge in [-0.3, -0.25) is 4.79 Å². The third-order valence-corrected chi connectivity index (χ3v) is 5.34. The van der Waals surface area contributed by atoms with Gasteiger partial charge in [0.25, 0.3) is 0 Å². The number of amides is 1. The Morgan fingerprint density at radius 1 is 1.19 bits per heavy atom. The van der Waals surface area contributed by atoms with Gasteiger partial charge in [0.1, 0.15) is 0 Å². The zero-order valence-corrected chi connectivity index (χ0v) is 16.9. The molecule has 1 atom stereocenters. The SMILES string of the molecule is Cc1cccc(C)c1-n1nnnc1SCC(=O)N[C@H](C)c1ccc(Cl)cc1. The number of aryl methyl sites for hydroxylation is 2. The molecule has 0 fully saturated rings. The molecule has 0 aliphatic heterocycles. The number of halogens is 1. The van der Waals surface area contributed by atoms with Crippen molar-refractivity contribution in [1.82, 2.24) is 25.5 Å². The molecular weight excluding hydrogens is 382 g/mol. The molecule has 0 saturated carbocycles. The standard InChI is InChI=1S/C19H20ClN5OS/c1-12-5-4-6-13(2)18(12)25-19(22-23-24-25)27-11-17(26)21-14(3)15-7-9-16(20)10-8-15/h4-10,14H,11H2,1-3H3,(H,21,26)/t14-/m1/s1. The average Bonchev–Trinajstić information content (AvgIpc) is 3.08. The largest absolute Gasteiger partial charge is 0.349 e. The van der Waals surface area contributed by atoms with E-state index in [1.807, 2.05) is 63.2 Å². The number of tetrazole rings is 1. The lowest BCUT2D eigenvalue weighted by molar-refractivity contribution is -0.119. The number of thioether (sulfide) groups is 1. The topological polar surface area (TPSA) is 72.7 Å². The van der Waals surface area contributed by atoms with Crippen molar-refractivity contribution in [2.24, 2.45) is 0 Å². The van der Waals surface area contributed by atoms with Gasteiger partial charge in [-0.15, -0.1) is 5.10 Å². The van der Waals surface area contributed by atoms with Crippen LogP contribution >= 0.6 is 23.4 Å². The maximum Gasteiger partial charge on any atom is 0.230 e. The molecule has 6 nitrogen and oxygen atoms in total. The predicted octanol–water partition coefficient (Wildman–Crippen LogP) is 3.90. The van der Waals surface area contributed by atoms with Gasteiger partial charge >= 0.3 is 0 Å². The molecule has 0 bridgehead atoms. The summed E-state index contributed by atoms with van der Waals surface area (Å²) in [4.78, 5) is 12.3. The first-order chi connectivity index (χ1) is 13.0. The molecule has 1 amide bonds. The van der Waals surface area contributed by atoms with E-state index in [9.17, 15) is 4.79 Å². The monoisotopic (exact) mass is 401 g/mol. The number of carbonyl (C=O) groups is 1. The van der Waals surface area contributed by atoms with Gasteiger partial charge in [0.2, 0.25) is 11.1 Å². The molecule has 8 heteroatoms. The van der Waals surface area contributed by atoms with E-state index in [0.717, 1.165) is 22.4 Å². The first kappa shape index (κ1) is 19.4. The zero-order valence-electron chi connectivity index (χ0n) is 15.3. The van der Waals surface area contributed by atoms with Gasteiger partial charge < -0.3 is 5.32 Å². The highest BCUT2D eigenvalue weighted by Gasteiger charge is 2.16. The van der Waals surface area contributed by atoms with Crippen LogP contribution in [-0.2, 0) is 4.79 Å². The number of carbonyl (C=O) groups excluding carboxylic acids is 1. The molecule has 1 N–H and O–H groups in total. The lowest BCUT2D eigenvalue weighted by Gasteiger charge is -2.14. The van der Waals surface area contributed by atoms with Crippen LogP contribution in [0.15, 0.2) is 47.6 Å². The maximum absolute atomic E-state index is 12.3. The number of hydrogen-bond acceptors (Lipinski definition) is 5. The van der Waals surface area contributed by atoms with E-state index < -0.39 is 0 Å². The third kappa shape index (κ3) is 4.67. The fraction of sp³-hybridized carbons (Fsp3) is 0.263. The number of benzene rings is 2. The Morgan fingerprint density at radius 2 is 1.85 bits per heavy atom. The van der Waals surface area contributed by atoms with Gasteiger partial charge in [-0.1, -0.05) is 53.7 Å². The molecule has 3 aromatic rings. The van der Waals surface area contributed by atoms with E-state index in [4.69, 9.17) is 11.6 Å². The van der Waals surface area contributed by atoms with Crippen molar-refractivity contribution in [2.45, 2.75) is 32.0 Å². The van der Waals surface area contributed by atoms with Crippen molar-refractivity contribution in [3.8, 4) is 5.69 Å². The lowest BCUT2D eigenvalue weighted by atomic mass is 10.1. The average molecular weight is 402 g/mol. The van der Waals surface area contributed by atoms with Crippen molar-refractivity contribution in [2.75, 3.05) is 5.75 Å². The van der Waals surface area contributed by atoms with Gasteiger partial charge in [-0.2, -0.15) is 4.68 Å². The molecule has 1 aromatic heterocycles. The number of nitrogens with zero attached hydrogens (tertiary/aromatic N) is 4. The molecule has 0 spiro atoms. The van der Waals surface area contributed by atoms with Crippen LogP contribution in [0.1, 0.15) is 29.7 Å². The number of rotatable bonds is 6. The van der Waals surface area contributed by atoms with Crippen LogP contribution in [0.2, 0.25) is 5.02 Å². The highest BCUT2D eigenvalue weighted by Crippen LogP contribution is 2.23. The Kier molecular flexibility index (Phi) is 6.13. The summed E-state index contributed by atoms with van der Waals surface area (Å²) in [6.07, 6.45) is 0. The van der Waals surface area contributed by atoms with Gasteiger partial charge in [0.05, 0.1) is 17.5 Å². The highest BCUT2D eigenvalue weighted by atomic mass is 35.5. The molecule has 2 aromatic carbocycles. The van der Waals surface area contributed by atoms with E-state index in [1.54, 1.807) is 4.68 Å². The van der Waals surface area contributed by atoms with Crippen molar-refractivity contribution < 1.29 is 4.79 Å². The lowest BCUT2D eigenvalue weighted by Crippen LogP contribution is -2.28. The van der Waals surface area contributed by atoms with E-state index in [2.05, 4.69) is 20.8 Å². The molecule has 0 radical (unpaired) electrons. The number of aromatic nitrogens is 4. The first-order valence-electron chi connectivity index (χ1n) is 8.48. The Morgan fingerprint density at radius 3 is 2.52 bits per heavy atom. The Hall–Kier alpha value is -2.38. The minimum Gasteiger partial charge on any atom is -0.349 e. The molecule has 0 aliphatic rings. The fourth-order valence-corrected chi connectivity index (χ4v) is 3.61. The predicted molar refractivity (Wildman–Crippen MR) is 107 cm³/mol. The molecule has 140 valence electrons. The molecule has 0 aliphatic carbocycles. The van der Waals surface area contributed by atoms with Gasteiger partial charge in [-0.05, 0) is 60.0 Å². The van der Waals surface area contributed by atoms with Crippen LogP contribution in [0.25, 0.3) is 5.69 Å². The number of nitrogens with one attached hydrogen (secondary N) is 1. The van der Waals surface area contributed by atoms with Crippen molar-refractivity contribution >= 4 is 29.3 Å². The molecule has 0 saturated heterocycles.